The van der Waals surface area contributed by atoms with Crippen molar-refractivity contribution in [3.8, 4) is 0 Å². The minimum Gasteiger partial charge on any atom is -0.550 e. The van der Waals surface area contributed by atoms with Gasteiger partial charge >= 0.3 is 0 Å². The molecule has 5 nitrogen and oxygen atoms in total. The van der Waals surface area contributed by atoms with E-state index < -0.39 is 11.9 Å². The quantitative estimate of drug-likeness (QED) is 0.461. The van der Waals surface area contributed by atoms with Crippen LogP contribution in [0.5, 0.6) is 0 Å². The largest absolute Gasteiger partial charge is 0.550 e. The van der Waals surface area contributed by atoms with Crippen molar-refractivity contribution in [1.29, 1.82) is 0 Å². The smallest absolute Gasteiger partial charge is 0.0383 e. The van der Waals surface area contributed by atoms with E-state index in [2.05, 4.69) is 0 Å². The standard InChI is InChI=1S/2C2H4O2.Ce.H2O/c2*1-2(3)4;;/h2*1H3,(H,3,4);;1H2/p-2. The number of carbonyl (C=O) groups excluding carboxylic acids is 2. The summed E-state index contributed by atoms with van der Waals surface area (Å²) in [4.78, 5) is 17.8. The third-order valence-corrected chi connectivity index (χ3v) is 0. The fourth-order valence-corrected chi connectivity index (χ4v) is 0. The predicted molar refractivity (Wildman–Crippen MR) is 25.0 cm³/mol. The summed E-state index contributed by atoms with van der Waals surface area (Å²) in [6.07, 6.45) is 0. The molecule has 0 atom stereocenters. The van der Waals surface area contributed by atoms with Crippen LogP contribution < -0.4 is 10.2 Å². The molecule has 0 saturated heterocycles. The number of carbonyl (C=O) groups is 2. The van der Waals surface area contributed by atoms with Crippen molar-refractivity contribution in [1.82, 2.24) is 0 Å². The molecule has 10 heavy (non-hydrogen) atoms. The maximum atomic E-state index is 8.89. The van der Waals surface area contributed by atoms with Crippen LogP contribution in [0.2, 0.25) is 0 Å². The predicted octanol–water partition coefficient (Wildman–Crippen LogP) is -3.31. The fraction of sp³-hybridized carbons (Fsp3) is 0.500. The number of hydrogen-bond donors (Lipinski definition) is 0. The van der Waals surface area contributed by atoms with E-state index >= 15 is 0 Å². The van der Waals surface area contributed by atoms with Crippen LogP contribution in [0, 0.1) is 41.7 Å². The molecule has 0 radical (unpaired) electrons. The average molecular weight is 276 g/mol. The molecule has 0 spiro atoms. The van der Waals surface area contributed by atoms with E-state index in [1.54, 1.807) is 0 Å². The molecule has 0 aromatic heterocycles. The second kappa shape index (κ2) is 16.1. The van der Waals surface area contributed by atoms with Crippen molar-refractivity contribution in [3.05, 3.63) is 0 Å². The van der Waals surface area contributed by atoms with Crippen LogP contribution in [0.15, 0.2) is 0 Å². The SMILES string of the molecule is CC(=O)[O-].CC(=O)[O-].O.[Ce]. The van der Waals surface area contributed by atoms with Crippen molar-refractivity contribution in [3.63, 3.8) is 0 Å². The summed E-state index contributed by atoms with van der Waals surface area (Å²) in [6, 6.07) is 0. The van der Waals surface area contributed by atoms with Gasteiger partial charge in [-0.25, -0.2) is 0 Å². The Morgan fingerprint density at radius 2 is 1.00 bits per heavy atom. The number of rotatable bonds is 0. The van der Waals surface area contributed by atoms with Gasteiger partial charge in [-0.1, -0.05) is 0 Å². The molecule has 0 aromatic rings. The van der Waals surface area contributed by atoms with E-state index in [0.717, 1.165) is 13.8 Å². The molecule has 0 aromatic carbocycles. The van der Waals surface area contributed by atoms with Gasteiger partial charge < -0.3 is 25.3 Å². The van der Waals surface area contributed by atoms with Crippen LogP contribution in [0.4, 0.5) is 0 Å². The van der Waals surface area contributed by atoms with Crippen LogP contribution in [0.1, 0.15) is 13.8 Å². The van der Waals surface area contributed by atoms with E-state index in [0.29, 0.717) is 0 Å². The Balaban J connectivity index is -0.0000000300. The van der Waals surface area contributed by atoms with Crippen molar-refractivity contribution < 1.29 is 67.0 Å². The van der Waals surface area contributed by atoms with Crippen molar-refractivity contribution >= 4 is 11.9 Å². The summed E-state index contributed by atoms with van der Waals surface area (Å²) in [5, 5.41) is 17.8. The number of aliphatic carboxylic acids is 2. The van der Waals surface area contributed by atoms with Gasteiger partial charge in [0.1, 0.15) is 0 Å². The molecule has 0 bridgehead atoms. The Labute approximate surface area is 92.1 Å². The van der Waals surface area contributed by atoms with Crippen molar-refractivity contribution in [2.75, 3.05) is 0 Å². The normalized spacial score (nSPS) is 5.00. The van der Waals surface area contributed by atoms with E-state index in [-0.39, 0.29) is 47.2 Å². The molecule has 0 saturated carbocycles. The number of carboxylic acid groups (broad SMARTS) is 2. The first kappa shape index (κ1) is 22.4. The van der Waals surface area contributed by atoms with E-state index in [4.69, 9.17) is 19.8 Å². The van der Waals surface area contributed by atoms with Gasteiger partial charge in [0.2, 0.25) is 0 Å². The third-order valence-electron chi connectivity index (χ3n) is 0. The minimum absolute atomic E-state index is 0. The molecule has 0 rings (SSSR count). The maximum absolute atomic E-state index is 8.89. The minimum atomic E-state index is -1.08. The fourth-order valence-electron chi connectivity index (χ4n) is 0. The van der Waals surface area contributed by atoms with Crippen LogP contribution in [-0.2, 0) is 9.59 Å². The van der Waals surface area contributed by atoms with Gasteiger partial charge in [-0.3, -0.25) is 0 Å². The second-order valence-corrected chi connectivity index (χ2v) is 0.983. The first-order valence-corrected chi connectivity index (χ1v) is 1.82. The Morgan fingerprint density at radius 1 is 1.00 bits per heavy atom. The molecule has 60 valence electrons. The zero-order valence-corrected chi connectivity index (χ0v) is 8.77. The Morgan fingerprint density at radius 3 is 1.00 bits per heavy atom. The summed E-state index contributed by atoms with van der Waals surface area (Å²) >= 11 is 0. The zero-order chi connectivity index (χ0) is 7.15. The molecule has 0 aliphatic rings. The Kier molecular flexibility index (Phi) is 36.2. The first-order valence-electron chi connectivity index (χ1n) is 1.82. The van der Waals surface area contributed by atoms with Crippen LogP contribution in [-0.4, -0.2) is 17.4 Å². The van der Waals surface area contributed by atoms with Crippen molar-refractivity contribution in [2.24, 2.45) is 0 Å². The number of hydrogen-bond acceptors (Lipinski definition) is 4. The monoisotopic (exact) mass is 276 g/mol. The molecule has 0 aliphatic heterocycles. The Hall–Kier alpha value is 0.277. The topological polar surface area (TPSA) is 112 Å². The van der Waals surface area contributed by atoms with Crippen LogP contribution in [0.3, 0.4) is 0 Å². The van der Waals surface area contributed by atoms with Gasteiger partial charge in [0.05, 0.1) is 0 Å². The van der Waals surface area contributed by atoms with Gasteiger partial charge in [0.15, 0.2) is 0 Å². The maximum Gasteiger partial charge on any atom is 0.0383 e. The average Bonchev–Trinajstić information content (AvgIpc) is 1.25. The molecule has 0 aliphatic carbocycles. The Bertz CT molecular complexity index is 71.6. The zero-order valence-electron chi connectivity index (χ0n) is 5.63. The van der Waals surface area contributed by atoms with Gasteiger partial charge in [-0.15, -0.1) is 0 Å². The summed E-state index contributed by atoms with van der Waals surface area (Å²) in [6.45, 7) is 1.94. The molecule has 0 unspecified atom stereocenters. The molecular weight excluding hydrogens is 268 g/mol. The van der Waals surface area contributed by atoms with Crippen LogP contribution in [0.25, 0.3) is 0 Å². The molecule has 6 heteroatoms. The number of carboxylic acids is 2. The third kappa shape index (κ3) is 5730. The van der Waals surface area contributed by atoms with E-state index in [9.17, 15) is 0 Å². The molecule has 0 fully saturated rings. The summed E-state index contributed by atoms with van der Waals surface area (Å²) in [5.41, 5.74) is 0. The first-order chi connectivity index (χ1) is 3.46. The summed E-state index contributed by atoms with van der Waals surface area (Å²) in [5.74, 6) is -2.17. The molecule has 2 N–H and O–H groups in total. The molecule has 0 heterocycles. The summed E-state index contributed by atoms with van der Waals surface area (Å²) < 4.78 is 0. The molecular formula is C4H8CeO5-2. The van der Waals surface area contributed by atoms with Gasteiger partial charge in [0, 0.05) is 53.7 Å². The van der Waals surface area contributed by atoms with E-state index in [1.807, 2.05) is 0 Å². The second-order valence-electron chi connectivity index (χ2n) is 0.983. The summed E-state index contributed by atoms with van der Waals surface area (Å²) in [7, 11) is 0. The molecule has 0 amide bonds. The van der Waals surface area contributed by atoms with Gasteiger partial charge in [-0.05, 0) is 13.8 Å². The van der Waals surface area contributed by atoms with E-state index in [1.165, 1.54) is 0 Å². The van der Waals surface area contributed by atoms with Crippen molar-refractivity contribution in [2.45, 2.75) is 13.8 Å². The van der Waals surface area contributed by atoms with Crippen LogP contribution >= 0.6 is 0 Å². The van der Waals surface area contributed by atoms with Gasteiger partial charge in [-0.2, -0.15) is 0 Å². The van der Waals surface area contributed by atoms with Gasteiger partial charge in [0.25, 0.3) is 0 Å².